The number of nitrogens with one attached hydrogen (secondary N) is 4. The largest absolute Gasteiger partial charge is 0.478 e. The van der Waals surface area contributed by atoms with E-state index in [2.05, 4.69) is 31.7 Å². The number of benzene rings is 4. The van der Waals surface area contributed by atoms with Gasteiger partial charge in [-0.2, -0.15) is 27.0 Å². The van der Waals surface area contributed by atoms with Crippen molar-refractivity contribution in [3.63, 3.8) is 0 Å². The first-order valence-electron chi connectivity index (χ1n) is 17.6. The highest BCUT2D eigenvalue weighted by Gasteiger charge is 2.35. The fourth-order valence-corrected chi connectivity index (χ4v) is 7.75. The minimum atomic E-state index is -5.06. The van der Waals surface area contributed by atoms with Gasteiger partial charge in [0, 0.05) is 22.5 Å². The molecular weight excluding hydrogens is 853 g/mol. The van der Waals surface area contributed by atoms with Gasteiger partial charge in [0.1, 0.15) is 21.2 Å². The maximum Gasteiger partial charge on any atom is 0.335 e. The summed E-state index contributed by atoms with van der Waals surface area (Å²) in [5.74, 6) is -4.20. The summed E-state index contributed by atoms with van der Waals surface area (Å²) in [5.41, 5.74) is 2.49. The first-order chi connectivity index (χ1) is 29.1. The number of rotatable bonds is 12. The van der Waals surface area contributed by atoms with E-state index in [1.54, 1.807) is 13.8 Å². The average molecular weight is 881 g/mol. The summed E-state index contributed by atoms with van der Waals surface area (Å²) in [4.78, 5) is 73.4. The number of ketones is 2. The molecule has 0 aliphatic heterocycles. The molecule has 314 valence electrons. The van der Waals surface area contributed by atoms with Gasteiger partial charge in [-0.05, 0) is 121 Å². The third-order valence-corrected chi connectivity index (χ3v) is 11.3. The minimum Gasteiger partial charge on any atom is -0.478 e. The quantitative estimate of drug-likeness (QED) is 0.0483. The Morgan fingerprint density at radius 1 is 0.548 bits per heavy atom. The normalized spacial score (nSPS) is 15.1. The molecule has 0 aromatic heterocycles. The Bertz CT molecular complexity index is 3090. The number of fused-ring (bicyclic) bond motifs is 2. The monoisotopic (exact) mass is 880 g/mol. The summed E-state index contributed by atoms with van der Waals surface area (Å²) in [6.07, 6.45) is 1.93. The Morgan fingerprint density at radius 3 is 1.24 bits per heavy atom. The molecule has 0 saturated heterocycles. The number of nitrogens with zero attached hydrogens (tertiary/aromatic N) is 2. The molecule has 8 N–H and O–H groups in total. The van der Waals surface area contributed by atoms with Crippen LogP contribution in [0.5, 0.6) is 0 Å². The van der Waals surface area contributed by atoms with Crippen LogP contribution in [0.2, 0.25) is 0 Å². The highest BCUT2D eigenvalue weighted by Crippen LogP contribution is 2.33. The topological polar surface area (TPSA) is 324 Å². The van der Waals surface area contributed by atoms with E-state index in [-0.39, 0.29) is 67.5 Å². The molecule has 0 fully saturated rings. The molecule has 2 aliphatic carbocycles. The number of carbonyl (C=O) groups is 4. The van der Waals surface area contributed by atoms with Crippen LogP contribution in [0.1, 0.15) is 63.7 Å². The van der Waals surface area contributed by atoms with Gasteiger partial charge in [0.25, 0.3) is 31.1 Å². The number of carboxylic acids is 2. The zero-order chi connectivity index (χ0) is 45.0. The Labute approximate surface area is 348 Å². The Morgan fingerprint density at radius 2 is 0.919 bits per heavy atom. The number of hydrogen-bond donors (Lipinski definition) is 8. The number of Topliss-reactive ketones (excluding diaryl/α,β-unsaturated/α-hetero) is 2. The molecule has 0 heterocycles. The molecule has 22 heteroatoms. The molecule has 0 atom stereocenters. The number of anilines is 6. The van der Waals surface area contributed by atoms with E-state index in [1.165, 1.54) is 72.8 Å². The zero-order valence-electron chi connectivity index (χ0n) is 31.7. The summed E-state index contributed by atoms with van der Waals surface area (Å²) in [7, 11) is -10.1. The fourth-order valence-electron chi connectivity index (χ4n) is 6.43. The molecule has 7 rings (SSSR count). The lowest BCUT2D eigenvalue weighted by Gasteiger charge is -2.20. The van der Waals surface area contributed by atoms with Gasteiger partial charge in [-0.1, -0.05) is 0 Å². The molecule has 0 saturated carbocycles. The number of carboxylic acid groups (broad SMARTS) is 2. The molecule has 0 amide bonds. The Hall–Kier alpha value is -7.92. The van der Waals surface area contributed by atoms with Crippen molar-refractivity contribution in [2.45, 2.75) is 13.8 Å². The SMILES string of the molecule is Cc1cc(C(=O)O)ccc1N/N=C1\C(=O)c2ccc(Nc3c(Nc4ccc5c(c4)C=C(S(=O)(=O)O)/C(=N/Nc4ccc(C(=O)O)cc4C)C5=O)c(=O)c3=O)cc2C=C1S(=O)(=O)O. The number of hydrogen-bond acceptors (Lipinski definition) is 16. The third kappa shape index (κ3) is 8.03. The third-order valence-electron chi connectivity index (χ3n) is 9.59. The average Bonchev–Trinajstić information content (AvgIpc) is 3.20. The van der Waals surface area contributed by atoms with Gasteiger partial charge in [0.05, 0.1) is 22.5 Å². The van der Waals surface area contributed by atoms with E-state index in [9.17, 15) is 64.9 Å². The molecule has 0 unspecified atom stereocenters. The van der Waals surface area contributed by atoms with E-state index in [1.807, 2.05) is 0 Å². The van der Waals surface area contributed by atoms with E-state index in [0.29, 0.717) is 11.1 Å². The van der Waals surface area contributed by atoms with Crippen LogP contribution in [0.15, 0.2) is 102 Å². The summed E-state index contributed by atoms with van der Waals surface area (Å²) >= 11 is 0. The lowest BCUT2D eigenvalue weighted by molar-refractivity contribution is 0.0686. The standard InChI is InChI=1S/C40H28N6O14S2/c1-17-11-19(39(51)52)3-9-27(17)43-45-31-29(61(55,56)57)15-21-13-23(5-7-25(21)35(31)47)41-33-34(38(50)37(33)49)42-24-6-8-26-22(14-24)16-30(62(58,59)60)32(36(26)48)46-44-28-10-4-20(40(53)54)12-18(28)2/h3-16,41-44H,1-2H3,(H,51,52)(H,53,54)(H,55,56,57)(H,58,59,60)/b45-31-,46-32-. The number of carbonyl (C=O) groups excluding carboxylic acids is 2. The molecule has 0 spiro atoms. The van der Waals surface area contributed by atoms with Crippen molar-refractivity contribution in [3.05, 3.63) is 148 Å². The second-order valence-corrected chi connectivity index (χ2v) is 16.5. The van der Waals surface area contributed by atoms with Crippen molar-refractivity contribution in [1.82, 2.24) is 0 Å². The molecule has 0 bridgehead atoms. The van der Waals surface area contributed by atoms with Crippen LogP contribution in [0.3, 0.4) is 0 Å². The van der Waals surface area contributed by atoms with Crippen LogP contribution in [0.25, 0.3) is 12.2 Å². The Kier molecular flexibility index (Phi) is 10.6. The van der Waals surface area contributed by atoms with Gasteiger partial charge >= 0.3 is 11.9 Å². The lowest BCUT2D eigenvalue weighted by atomic mass is 9.94. The molecule has 62 heavy (non-hydrogen) atoms. The van der Waals surface area contributed by atoms with Crippen LogP contribution in [0, 0.1) is 13.8 Å². The van der Waals surface area contributed by atoms with Gasteiger partial charge in [0.2, 0.25) is 11.6 Å². The number of hydrazone groups is 2. The molecular formula is C40H28N6O14S2. The minimum absolute atomic E-state index is 0.0214. The van der Waals surface area contributed by atoms with Crippen molar-refractivity contribution in [2.75, 3.05) is 21.5 Å². The van der Waals surface area contributed by atoms with Gasteiger partial charge in [-0.25, -0.2) is 9.59 Å². The van der Waals surface area contributed by atoms with Crippen LogP contribution < -0.4 is 32.3 Å². The van der Waals surface area contributed by atoms with E-state index < -0.39 is 75.8 Å². The van der Waals surface area contributed by atoms with Crippen molar-refractivity contribution in [3.8, 4) is 0 Å². The summed E-state index contributed by atoms with van der Waals surface area (Å²) in [6, 6.07) is 15.7. The predicted molar refractivity (Wildman–Crippen MR) is 227 cm³/mol. The molecule has 20 nitrogen and oxygen atoms in total. The predicted octanol–water partition coefficient (Wildman–Crippen LogP) is 4.57. The zero-order valence-corrected chi connectivity index (χ0v) is 33.3. The summed E-state index contributed by atoms with van der Waals surface area (Å²) < 4.78 is 69.8. The van der Waals surface area contributed by atoms with Gasteiger partial charge in [-0.3, -0.25) is 39.1 Å². The number of allylic oxidation sites excluding steroid dienone is 2. The molecule has 5 aromatic rings. The van der Waals surface area contributed by atoms with Gasteiger partial charge in [0.15, 0.2) is 11.4 Å². The van der Waals surface area contributed by atoms with E-state index in [0.717, 1.165) is 12.2 Å². The van der Waals surface area contributed by atoms with Gasteiger partial charge in [-0.15, -0.1) is 0 Å². The number of aryl methyl sites for hydroxylation is 2. The molecule has 2 aliphatic rings. The molecule has 5 aromatic carbocycles. The molecule has 0 radical (unpaired) electrons. The van der Waals surface area contributed by atoms with E-state index in [4.69, 9.17) is 0 Å². The highest BCUT2D eigenvalue weighted by atomic mass is 32.2. The summed E-state index contributed by atoms with van der Waals surface area (Å²) in [6.45, 7) is 3.10. The van der Waals surface area contributed by atoms with Crippen LogP contribution in [-0.2, 0) is 20.2 Å². The van der Waals surface area contributed by atoms with Crippen molar-refractivity contribution >= 4 is 101 Å². The first kappa shape index (κ1) is 42.2. The van der Waals surface area contributed by atoms with Crippen molar-refractivity contribution in [2.24, 2.45) is 10.2 Å². The maximum absolute atomic E-state index is 13.5. The van der Waals surface area contributed by atoms with Crippen molar-refractivity contribution < 1.29 is 55.3 Å². The number of aromatic carboxylic acids is 2. The van der Waals surface area contributed by atoms with Crippen LogP contribution >= 0.6 is 0 Å². The van der Waals surface area contributed by atoms with Crippen molar-refractivity contribution in [1.29, 1.82) is 0 Å². The smallest absolute Gasteiger partial charge is 0.335 e. The summed E-state index contributed by atoms with van der Waals surface area (Å²) in [5, 5.41) is 31.8. The van der Waals surface area contributed by atoms with Crippen LogP contribution in [0.4, 0.5) is 34.1 Å². The van der Waals surface area contributed by atoms with Crippen LogP contribution in [-0.4, -0.2) is 71.1 Å². The Balaban J connectivity index is 1.14. The fraction of sp³-hybridized carbons (Fsp3) is 0.0500. The van der Waals surface area contributed by atoms with Gasteiger partial charge < -0.3 is 20.8 Å². The lowest BCUT2D eigenvalue weighted by Crippen LogP contribution is -2.36. The highest BCUT2D eigenvalue weighted by molar-refractivity contribution is 7.91. The van der Waals surface area contributed by atoms with E-state index >= 15 is 0 Å². The second-order valence-electron chi connectivity index (χ2n) is 13.7. The first-order valence-corrected chi connectivity index (χ1v) is 20.5. The maximum atomic E-state index is 13.5. The second kappa shape index (κ2) is 15.6.